The molecule has 3 rings (SSSR count). The van der Waals surface area contributed by atoms with Crippen LogP contribution in [0.2, 0.25) is 0 Å². The van der Waals surface area contributed by atoms with Gasteiger partial charge in [-0.05, 0) is 65.6 Å². The molecule has 0 aliphatic rings. The molecule has 24 heavy (non-hydrogen) atoms. The minimum absolute atomic E-state index is 0.259. The summed E-state index contributed by atoms with van der Waals surface area (Å²) in [6.45, 7) is 2.52. The van der Waals surface area contributed by atoms with Crippen molar-refractivity contribution >= 4 is 6.29 Å². The number of ether oxygens (including phenoxy) is 1. The quantitative estimate of drug-likeness (QED) is 0.690. The van der Waals surface area contributed by atoms with Gasteiger partial charge in [0.05, 0.1) is 0 Å². The van der Waals surface area contributed by atoms with Gasteiger partial charge >= 0.3 is 0 Å². The van der Waals surface area contributed by atoms with E-state index < -0.39 is 0 Å². The Morgan fingerprint density at radius 2 is 1.67 bits per heavy atom. The molecule has 3 heteroatoms. The van der Waals surface area contributed by atoms with Crippen LogP contribution in [0.3, 0.4) is 0 Å². The largest absolute Gasteiger partial charge is 0.508 e. The van der Waals surface area contributed by atoms with Crippen molar-refractivity contribution in [2.24, 2.45) is 0 Å². The van der Waals surface area contributed by atoms with E-state index in [1.165, 1.54) is 0 Å². The van der Waals surface area contributed by atoms with Gasteiger partial charge in [-0.2, -0.15) is 0 Å². The smallest absolute Gasteiger partial charge is 0.150 e. The Labute approximate surface area is 141 Å². The number of aromatic hydroxyl groups is 1. The molecular formula is C21H18O3. The summed E-state index contributed by atoms with van der Waals surface area (Å²) in [5.74, 6) is 0.990. The normalized spacial score (nSPS) is 10.4. The zero-order chi connectivity index (χ0) is 16.9. The van der Waals surface area contributed by atoms with Gasteiger partial charge in [0, 0.05) is 5.56 Å². The molecule has 0 fully saturated rings. The molecule has 1 N–H and O–H groups in total. The van der Waals surface area contributed by atoms with Gasteiger partial charge in [-0.3, -0.25) is 4.79 Å². The Bertz CT molecular complexity index is 834. The van der Waals surface area contributed by atoms with Crippen LogP contribution in [0.5, 0.6) is 11.5 Å². The molecular weight excluding hydrogens is 300 g/mol. The van der Waals surface area contributed by atoms with Crippen LogP contribution in [0.4, 0.5) is 0 Å². The van der Waals surface area contributed by atoms with Gasteiger partial charge < -0.3 is 9.84 Å². The standard InChI is InChI=1S/C21H18O3/c1-15-18(14-24-20-11-5-16(13-22)6-12-20)3-2-4-21(15)17-7-9-19(23)10-8-17/h2-13,23H,14H2,1H3. The molecule has 0 unspecified atom stereocenters. The Hall–Kier alpha value is -3.07. The second kappa shape index (κ2) is 7.01. The maximum absolute atomic E-state index is 10.7. The van der Waals surface area contributed by atoms with Crippen molar-refractivity contribution in [1.29, 1.82) is 0 Å². The van der Waals surface area contributed by atoms with Crippen molar-refractivity contribution in [3.8, 4) is 22.6 Å². The third-order valence-corrected chi connectivity index (χ3v) is 4.03. The minimum atomic E-state index is 0.259. The molecule has 0 spiro atoms. The SMILES string of the molecule is Cc1c(COc2ccc(C=O)cc2)cccc1-c1ccc(O)cc1. The molecule has 0 amide bonds. The Balaban J connectivity index is 1.79. The summed E-state index contributed by atoms with van der Waals surface area (Å²) < 4.78 is 5.83. The van der Waals surface area contributed by atoms with Crippen molar-refractivity contribution in [3.05, 3.63) is 83.4 Å². The number of phenolic OH excluding ortho intramolecular Hbond substituents is 1. The van der Waals surface area contributed by atoms with Crippen molar-refractivity contribution in [1.82, 2.24) is 0 Å². The van der Waals surface area contributed by atoms with E-state index in [0.29, 0.717) is 12.2 Å². The van der Waals surface area contributed by atoms with Gasteiger partial charge in [0.15, 0.2) is 0 Å². The molecule has 120 valence electrons. The van der Waals surface area contributed by atoms with Gasteiger partial charge in [-0.1, -0.05) is 30.3 Å². The fourth-order valence-corrected chi connectivity index (χ4v) is 2.60. The first-order valence-corrected chi connectivity index (χ1v) is 7.73. The number of benzene rings is 3. The van der Waals surface area contributed by atoms with Crippen LogP contribution in [-0.4, -0.2) is 11.4 Å². The first-order valence-electron chi connectivity index (χ1n) is 7.73. The average molecular weight is 318 g/mol. The van der Waals surface area contributed by atoms with E-state index in [9.17, 15) is 9.90 Å². The fraction of sp³-hybridized carbons (Fsp3) is 0.0952. The zero-order valence-electron chi connectivity index (χ0n) is 13.4. The number of rotatable bonds is 5. The maximum Gasteiger partial charge on any atom is 0.150 e. The number of carbonyl (C=O) groups is 1. The van der Waals surface area contributed by atoms with Crippen LogP contribution in [-0.2, 0) is 6.61 Å². The van der Waals surface area contributed by atoms with Crippen LogP contribution in [0.25, 0.3) is 11.1 Å². The van der Waals surface area contributed by atoms with Crippen LogP contribution in [0.15, 0.2) is 66.7 Å². The Kier molecular flexibility index (Phi) is 4.62. The monoisotopic (exact) mass is 318 g/mol. The van der Waals surface area contributed by atoms with Gasteiger partial charge in [0.2, 0.25) is 0 Å². The molecule has 0 aromatic heterocycles. The number of carbonyl (C=O) groups excluding carboxylic acids is 1. The molecule has 0 heterocycles. The molecule has 0 aliphatic carbocycles. The van der Waals surface area contributed by atoms with Crippen LogP contribution >= 0.6 is 0 Å². The molecule has 3 nitrogen and oxygen atoms in total. The van der Waals surface area contributed by atoms with Gasteiger partial charge in [-0.15, -0.1) is 0 Å². The molecule has 3 aromatic carbocycles. The van der Waals surface area contributed by atoms with E-state index >= 15 is 0 Å². The van der Waals surface area contributed by atoms with Crippen molar-refractivity contribution in [3.63, 3.8) is 0 Å². The summed E-state index contributed by atoms with van der Waals surface area (Å²) in [5.41, 5.74) is 5.05. The third-order valence-electron chi connectivity index (χ3n) is 4.03. The van der Waals surface area contributed by atoms with E-state index in [0.717, 1.165) is 34.3 Å². The minimum Gasteiger partial charge on any atom is -0.508 e. The Morgan fingerprint density at radius 1 is 0.958 bits per heavy atom. The molecule has 0 atom stereocenters. The lowest BCUT2D eigenvalue weighted by molar-refractivity contribution is 0.112. The highest BCUT2D eigenvalue weighted by Gasteiger charge is 2.07. The van der Waals surface area contributed by atoms with E-state index in [-0.39, 0.29) is 5.75 Å². The summed E-state index contributed by atoms with van der Waals surface area (Å²) >= 11 is 0. The second-order valence-corrected chi connectivity index (χ2v) is 5.61. The first-order chi connectivity index (χ1) is 11.7. The molecule has 0 aliphatic heterocycles. The molecule has 0 saturated heterocycles. The predicted octanol–water partition coefficient (Wildman–Crippen LogP) is 4.76. The third kappa shape index (κ3) is 3.46. The van der Waals surface area contributed by atoms with Gasteiger partial charge in [0.25, 0.3) is 0 Å². The van der Waals surface area contributed by atoms with Gasteiger partial charge in [-0.25, -0.2) is 0 Å². The molecule has 0 radical (unpaired) electrons. The molecule has 0 saturated carbocycles. The van der Waals surface area contributed by atoms with E-state index in [2.05, 4.69) is 13.0 Å². The zero-order valence-corrected chi connectivity index (χ0v) is 13.4. The van der Waals surface area contributed by atoms with Crippen LogP contribution in [0, 0.1) is 6.92 Å². The van der Waals surface area contributed by atoms with E-state index in [4.69, 9.17) is 4.74 Å². The maximum atomic E-state index is 10.7. The highest BCUT2D eigenvalue weighted by Crippen LogP contribution is 2.27. The number of hydrogen-bond donors (Lipinski definition) is 1. The number of aldehydes is 1. The van der Waals surface area contributed by atoms with Crippen molar-refractivity contribution in [2.75, 3.05) is 0 Å². The summed E-state index contributed by atoms with van der Waals surface area (Å²) in [6.07, 6.45) is 0.815. The predicted molar refractivity (Wildman–Crippen MR) is 94.4 cm³/mol. The van der Waals surface area contributed by atoms with E-state index in [1.807, 2.05) is 24.3 Å². The highest BCUT2D eigenvalue weighted by molar-refractivity contribution is 5.74. The summed E-state index contributed by atoms with van der Waals surface area (Å²) in [4.78, 5) is 10.7. The summed E-state index contributed by atoms with van der Waals surface area (Å²) in [6, 6.07) is 20.3. The lowest BCUT2D eigenvalue weighted by Gasteiger charge is -2.13. The van der Waals surface area contributed by atoms with Crippen molar-refractivity contribution < 1.29 is 14.6 Å². The average Bonchev–Trinajstić information content (AvgIpc) is 2.62. The number of hydrogen-bond acceptors (Lipinski definition) is 3. The van der Waals surface area contributed by atoms with E-state index in [1.54, 1.807) is 36.4 Å². The van der Waals surface area contributed by atoms with Crippen LogP contribution < -0.4 is 4.74 Å². The Morgan fingerprint density at radius 3 is 2.33 bits per heavy atom. The first kappa shape index (κ1) is 15.8. The topological polar surface area (TPSA) is 46.5 Å². The second-order valence-electron chi connectivity index (χ2n) is 5.61. The fourth-order valence-electron chi connectivity index (χ4n) is 2.60. The lowest BCUT2D eigenvalue weighted by atomic mass is 9.97. The van der Waals surface area contributed by atoms with Crippen LogP contribution in [0.1, 0.15) is 21.5 Å². The highest BCUT2D eigenvalue weighted by atomic mass is 16.5. The van der Waals surface area contributed by atoms with Gasteiger partial charge in [0.1, 0.15) is 24.4 Å². The lowest BCUT2D eigenvalue weighted by Crippen LogP contribution is -1.99. The number of phenols is 1. The molecule has 3 aromatic rings. The molecule has 0 bridgehead atoms. The van der Waals surface area contributed by atoms with Crippen molar-refractivity contribution in [2.45, 2.75) is 13.5 Å². The summed E-state index contributed by atoms with van der Waals surface area (Å²) in [5, 5.41) is 9.43. The summed E-state index contributed by atoms with van der Waals surface area (Å²) in [7, 11) is 0.